The first kappa shape index (κ1) is 13.5. The first-order valence-electron chi connectivity index (χ1n) is 5.34. The van der Waals surface area contributed by atoms with Crippen LogP contribution < -0.4 is 4.74 Å². The fraction of sp³-hybridized carbons (Fsp3) is 0.462. The minimum atomic E-state index is -0.880. The minimum absolute atomic E-state index is 0.154. The molecule has 0 saturated heterocycles. The Morgan fingerprint density at radius 1 is 1.47 bits per heavy atom. The van der Waals surface area contributed by atoms with Gasteiger partial charge in [-0.3, -0.25) is 4.79 Å². The van der Waals surface area contributed by atoms with E-state index in [-0.39, 0.29) is 5.75 Å². The van der Waals surface area contributed by atoms with Gasteiger partial charge in [-0.05, 0) is 44.4 Å². The monoisotopic (exact) mass is 240 g/mol. The lowest BCUT2D eigenvalue weighted by Gasteiger charge is -2.19. The molecule has 0 aliphatic carbocycles. The number of methoxy groups -OCH3 is 1. The van der Waals surface area contributed by atoms with Gasteiger partial charge in [0.05, 0.1) is 12.5 Å². The lowest BCUT2D eigenvalue weighted by Crippen LogP contribution is -2.26. The van der Waals surface area contributed by atoms with Gasteiger partial charge in [0, 0.05) is 0 Å². The van der Waals surface area contributed by atoms with E-state index in [0.717, 1.165) is 5.56 Å². The predicted octanol–water partition coefficient (Wildman–Crippen LogP) is 2.80. The highest BCUT2D eigenvalue weighted by molar-refractivity contribution is 5.74. The number of rotatable bonds is 4. The summed E-state index contributed by atoms with van der Waals surface area (Å²) < 4.78 is 18.5. The normalized spacial score (nSPS) is 11.4. The summed E-state index contributed by atoms with van der Waals surface area (Å²) >= 11 is 0. The summed E-state index contributed by atoms with van der Waals surface area (Å²) in [7, 11) is 1.39. The highest BCUT2D eigenvalue weighted by Gasteiger charge is 2.27. The topological polar surface area (TPSA) is 46.5 Å². The molecule has 1 rings (SSSR count). The maximum atomic E-state index is 13.5. The average Bonchev–Trinajstić information content (AvgIpc) is 2.22. The van der Waals surface area contributed by atoms with Crippen molar-refractivity contribution in [3.63, 3.8) is 0 Å². The fourth-order valence-corrected chi connectivity index (χ4v) is 1.65. The molecule has 1 aromatic rings. The van der Waals surface area contributed by atoms with Crippen molar-refractivity contribution in [1.82, 2.24) is 0 Å². The number of carboxylic acid groups (broad SMARTS) is 1. The molecule has 0 aliphatic heterocycles. The second-order valence-electron chi connectivity index (χ2n) is 4.79. The molecule has 0 amide bonds. The number of carboxylic acids is 1. The molecule has 3 nitrogen and oxygen atoms in total. The highest BCUT2D eigenvalue weighted by Crippen LogP contribution is 2.28. The van der Waals surface area contributed by atoms with Crippen LogP contribution >= 0.6 is 0 Å². The summed E-state index contributed by atoms with van der Waals surface area (Å²) in [6.45, 7) is 4.91. The second-order valence-corrected chi connectivity index (χ2v) is 4.79. The quantitative estimate of drug-likeness (QED) is 0.880. The molecule has 17 heavy (non-hydrogen) atoms. The van der Waals surface area contributed by atoms with Gasteiger partial charge in [0.25, 0.3) is 0 Å². The average molecular weight is 240 g/mol. The Morgan fingerprint density at radius 3 is 2.53 bits per heavy atom. The van der Waals surface area contributed by atoms with E-state index in [0.29, 0.717) is 12.0 Å². The zero-order valence-corrected chi connectivity index (χ0v) is 10.5. The van der Waals surface area contributed by atoms with Crippen LogP contribution in [0.1, 0.15) is 25.0 Å². The van der Waals surface area contributed by atoms with Gasteiger partial charge >= 0.3 is 5.97 Å². The molecule has 0 bridgehead atoms. The molecule has 0 atom stereocenters. The highest BCUT2D eigenvalue weighted by atomic mass is 19.1. The van der Waals surface area contributed by atoms with Gasteiger partial charge in [0.1, 0.15) is 0 Å². The molecule has 0 saturated carbocycles. The molecule has 1 aromatic carbocycles. The third-order valence-corrected chi connectivity index (χ3v) is 2.73. The Morgan fingerprint density at radius 2 is 2.06 bits per heavy atom. The Kier molecular flexibility index (Phi) is 3.76. The van der Waals surface area contributed by atoms with Crippen LogP contribution in [0, 0.1) is 18.2 Å². The van der Waals surface area contributed by atoms with Crippen molar-refractivity contribution in [2.45, 2.75) is 27.2 Å². The number of hydrogen-bond donors (Lipinski definition) is 1. The van der Waals surface area contributed by atoms with Crippen LogP contribution in [0.3, 0.4) is 0 Å². The van der Waals surface area contributed by atoms with Crippen LogP contribution in [0.4, 0.5) is 4.39 Å². The Labute approximate surface area is 100 Å². The number of benzene rings is 1. The summed E-state index contributed by atoms with van der Waals surface area (Å²) in [6.07, 6.45) is 0.333. The standard InChI is InChI=1S/C13H17FO3/c1-8-5-9(6-10(17-4)11(8)14)7-13(2,3)12(15)16/h5-6H,7H2,1-4H3,(H,15,16). The molecule has 0 radical (unpaired) electrons. The number of ether oxygens (including phenoxy) is 1. The summed E-state index contributed by atoms with van der Waals surface area (Å²) in [6, 6.07) is 3.20. The number of hydrogen-bond acceptors (Lipinski definition) is 2. The van der Waals surface area contributed by atoms with E-state index in [1.165, 1.54) is 7.11 Å². The largest absolute Gasteiger partial charge is 0.494 e. The lowest BCUT2D eigenvalue weighted by molar-refractivity contribution is -0.146. The van der Waals surface area contributed by atoms with E-state index < -0.39 is 17.2 Å². The van der Waals surface area contributed by atoms with Crippen molar-refractivity contribution in [1.29, 1.82) is 0 Å². The van der Waals surface area contributed by atoms with E-state index in [1.54, 1.807) is 32.9 Å². The molecule has 0 unspecified atom stereocenters. The molecule has 94 valence electrons. The van der Waals surface area contributed by atoms with Crippen molar-refractivity contribution in [2.24, 2.45) is 5.41 Å². The van der Waals surface area contributed by atoms with E-state index in [2.05, 4.69) is 0 Å². The third kappa shape index (κ3) is 2.96. The molecule has 0 aromatic heterocycles. The first-order chi connectivity index (χ1) is 7.77. The van der Waals surface area contributed by atoms with Crippen molar-refractivity contribution >= 4 is 5.97 Å². The number of aliphatic carboxylic acids is 1. The van der Waals surface area contributed by atoms with Crippen molar-refractivity contribution in [2.75, 3.05) is 7.11 Å². The molecule has 1 N–H and O–H groups in total. The molecular weight excluding hydrogens is 223 g/mol. The smallest absolute Gasteiger partial charge is 0.309 e. The van der Waals surface area contributed by atoms with Gasteiger partial charge in [-0.25, -0.2) is 4.39 Å². The maximum Gasteiger partial charge on any atom is 0.309 e. The van der Waals surface area contributed by atoms with Gasteiger partial charge in [0.2, 0.25) is 0 Å². The predicted molar refractivity (Wildman–Crippen MR) is 62.8 cm³/mol. The first-order valence-corrected chi connectivity index (χ1v) is 5.34. The second kappa shape index (κ2) is 4.73. The molecular formula is C13H17FO3. The van der Waals surface area contributed by atoms with E-state index in [1.807, 2.05) is 0 Å². The van der Waals surface area contributed by atoms with E-state index in [9.17, 15) is 9.18 Å². The molecule has 0 heterocycles. The zero-order chi connectivity index (χ0) is 13.2. The van der Waals surface area contributed by atoms with Crippen molar-refractivity contribution < 1.29 is 19.0 Å². The summed E-state index contributed by atoms with van der Waals surface area (Å²) in [5, 5.41) is 9.05. The minimum Gasteiger partial charge on any atom is -0.494 e. The van der Waals surface area contributed by atoms with Gasteiger partial charge in [-0.1, -0.05) is 6.07 Å². The van der Waals surface area contributed by atoms with Gasteiger partial charge in [-0.15, -0.1) is 0 Å². The lowest BCUT2D eigenvalue weighted by atomic mass is 9.85. The maximum absolute atomic E-state index is 13.5. The third-order valence-electron chi connectivity index (χ3n) is 2.73. The molecule has 4 heteroatoms. The van der Waals surface area contributed by atoms with Crippen LogP contribution in [0.15, 0.2) is 12.1 Å². The van der Waals surface area contributed by atoms with Gasteiger partial charge < -0.3 is 9.84 Å². The summed E-state index contributed by atoms with van der Waals surface area (Å²) in [5.41, 5.74) is 0.337. The van der Waals surface area contributed by atoms with Crippen LogP contribution in [-0.2, 0) is 11.2 Å². The number of carbonyl (C=O) groups is 1. The van der Waals surface area contributed by atoms with Gasteiger partial charge in [0.15, 0.2) is 11.6 Å². The molecule has 0 aliphatic rings. The van der Waals surface area contributed by atoms with Crippen LogP contribution in [-0.4, -0.2) is 18.2 Å². The summed E-state index contributed by atoms with van der Waals surface area (Å²) in [5.74, 6) is -1.12. The van der Waals surface area contributed by atoms with E-state index >= 15 is 0 Å². The number of aryl methyl sites for hydroxylation is 1. The fourth-order valence-electron chi connectivity index (χ4n) is 1.65. The Balaban J connectivity index is 3.09. The summed E-state index contributed by atoms with van der Waals surface area (Å²) in [4.78, 5) is 11.0. The van der Waals surface area contributed by atoms with Crippen LogP contribution in [0.2, 0.25) is 0 Å². The van der Waals surface area contributed by atoms with Gasteiger partial charge in [-0.2, -0.15) is 0 Å². The molecule has 0 fully saturated rings. The number of halogens is 1. The zero-order valence-electron chi connectivity index (χ0n) is 10.5. The van der Waals surface area contributed by atoms with Crippen molar-refractivity contribution in [3.05, 3.63) is 29.1 Å². The van der Waals surface area contributed by atoms with E-state index in [4.69, 9.17) is 9.84 Å². The van der Waals surface area contributed by atoms with Crippen molar-refractivity contribution in [3.8, 4) is 5.75 Å². The Hall–Kier alpha value is -1.58. The van der Waals surface area contributed by atoms with Crippen LogP contribution in [0.5, 0.6) is 5.75 Å². The Bertz CT molecular complexity index is 439. The molecule has 0 spiro atoms. The SMILES string of the molecule is COc1cc(CC(C)(C)C(=O)O)cc(C)c1F. The van der Waals surface area contributed by atoms with Crippen LogP contribution in [0.25, 0.3) is 0 Å².